The second-order valence-electron chi connectivity index (χ2n) is 4.26. The van der Waals surface area contributed by atoms with Gasteiger partial charge in [0.25, 0.3) is 0 Å². The van der Waals surface area contributed by atoms with Crippen molar-refractivity contribution in [1.82, 2.24) is 0 Å². The van der Waals surface area contributed by atoms with Crippen LogP contribution >= 0.6 is 0 Å². The molecule has 80 valence electrons. The fourth-order valence-electron chi connectivity index (χ4n) is 1.92. The summed E-state index contributed by atoms with van der Waals surface area (Å²) in [4.78, 5) is 21.8. The first-order chi connectivity index (χ1) is 6.58. The molecule has 0 aliphatic heterocycles. The van der Waals surface area contributed by atoms with Gasteiger partial charge in [0.05, 0.1) is 0 Å². The Labute approximate surface area is 84.8 Å². The van der Waals surface area contributed by atoms with Crippen molar-refractivity contribution in [2.24, 2.45) is 5.92 Å². The SMILES string of the molecule is CC(=O)CC(=O)O[C@H]1CCC[C@@H](C)C1. The van der Waals surface area contributed by atoms with Gasteiger partial charge in [-0.3, -0.25) is 9.59 Å². The Bertz CT molecular complexity index is 223. The first kappa shape index (κ1) is 11.2. The molecule has 0 N–H and O–H groups in total. The lowest BCUT2D eigenvalue weighted by Crippen LogP contribution is -2.25. The summed E-state index contributed by atoms with van der Waals surface area (Å²) in [6, 6.07) is 0. The predicted molar refractivity (Wildman–Crippen MR) is 52.8 cm³/mol. The third-order valence-electron chi connectivity index (χ3n) is 2.58. The molecule has 0 aromatic carbocycles. The van der Waals surface area contributed by atoms with Crippen LogP contribution in [-0.2, 0) is 14.3 Å². The third kappa shape index (κ3) is 3.90. The Morgan fingerprint density at radius 3 is 2.64 bits per heavy atom. The van der Waals surface area contributed by atoms with Gasteiger partial charge in [0, 0.05) is 0 Å². The van der Waals surface area contributed by atoms with E-state index in [0.29, 0.717) is 5.92 Å². The molecule has 0 unspecified atom stereocenters. The molecular formula is C11H18O3. The van der Waals surface area contributed by atoms with Crippen molar-refractivity contribution in [3.63, 3.8) is 0 Å². The quantitative estimate of drug-likeness (QED) is 0.515. The zero-order valence-electron chi connectivity index (χ0n) is 8.91. The second-order valence-corrected chi connectivity index (χ2v) is 4.26. The van der Waals surface area contributed by atoms with Gasteiger partial charge in [-0.05, 0) is 32.1 Å². The van der Waals surface area contributed by atoms with E-state index in [9.17, 15) is 9.59 Å². The molecule has 0 heterocycles. The van der Waals surface area contributed by atoms with Crippen molar-refractivity contribution in [1.29, 1.82) is 0 Å². The van der Waals surface area contributed by atoms with E-state index in [1.54, 1.807) is 0 Å². The lowest BCUT2D eigenvalue weighted by molar-refractivity contribution is -0.152. The fraction of sp³-hybridized carbons (Fsp3) is 0.818. The summed E-state index contributed by atoms with van der Waals surface area (Å²) in [7, 11) is 0. The first-order valence-electron chi connectivity index (χ1n) is 5.27. The topological polar surface area (TPSA) is 43.4 Å². The van der Waals surface area contributed by atoms with Gasteiger partial charge in [-0.15, -0.1) is 0 Å². The Balaban J connectivity index is 2.28. The van der Waals surface area contributed by atoms with Crippen LogP contribution in [0.4, 0.5) is 0 Å². The van der Waals surface area contributed by atoms with Crippen LogP contribution in [0.15, 0.2) is 0 Å². The van der Waals surface area contributed by atoms with Crippen molar-refractivity contribution in [2.75, 3.05) is 0 Å². The molecule has 0 aromatic heterocycles. The Morgan fingerprint density at radius 2 is 2.07 bits per heavy atom. The van der Waals surface area contributed by atoms with Gasteiger partial charge < -0.3 is 4.74 Å². The number of carbonyl (C=O) groups excluding carboxylic acids is 2. The predicted octanol–water partition coefficient (Wildman–Crippen LogP) is 2.09. The first-order valence-corrected chi connectivity index (χ1v) is 5.27. The monoisotopic (exact) mass is 198 g/mol. The number of esters is 1. The number of carbonyl (C=O) groups is 2. The normalized spacial score (nSPS) is 27.0. The van der Waals surface area contributed by atoms with Crippen molar-refractivity contribution in [3.05, 3.63) is 0 Å². The molecule has 1 aliphatic rings. The number of ether oxygens (including phenoxy) is 1. The van der Waals surface area contributed by atoms with Crippen molar-refractivity contribution in [2.45, 2.75) is 52.1 Å². The maximum atomic E-state index is 11.2. The Hall–Kier alpha value is -0.860. The van der Waals surface area contributed by atoms with Crippen molar-refractivity contribution < 1.29 is 14.3 Å². The molecule has 3 nitrogen and oxygen atoms in total. The lowest BCUT2D eigenvalue weighted by atomic mass is 9.89. The minimum absolute atomic E-state index is 0.0469. The molecule has 1 fully saturated rings. The van der Waals surface area contributed by atoms with Crippen LogP contribution in [0.1, 0.15) is 46.0 Å². The number of Topliss-reactive ketones (excluding diaryl/α,β-unsaturated/α-hetero) is 1. The van der Waals surface area contributed by atoms with E-state index in [1.165, 1.54) is 13.3 Å². The highest BCUT2D eigenvalue weighted by Gasteiger charge is 2.22. The van der Waals surface area contributed by atoms with E-state index < -0.39 is 0 Å². The molecule has 0 amide bonds. The molecule has 2 atom stereocenters. The summed E-state index contributed by atoms with van der Waals surface area (Å²) in [5.74, 6) is 0.148. The van der Waals surface area contributed by atoms with Gasteiger partial charge in [0.1, 0.15) is 18.3 Å². The van der Waals surface area contributed by atoms with Crippen molar-refractivity contribution >= 4 is 11.8 Å². The number of rotatable bonds is 3. The highest BCUT2D eigenvalue weighted by molar-refractivity contribution is 5.94. The van der Waals surface area contributed by atoms with Crippen LogP contribution in [0.5, 0.6) is 0 Å². The van der Waals surface area contributed by atoms with Crippen LogP contribution < -0.4 is 0 Å². The summed E-state index contributed by atoms with van der Waals surface area (Å²) in [6.07, 6.45) is 4.22. The molecule has 3 heteroatoms. The zero-order valence-corrected chi connectivity index (χ0v) is 8.91. The molecule has 0 bridgehead atoms. The summed E-state index contributed by atoms with van der Waals surface area (Å²) in [5, 5.41) is 0. The summed E-state index contributed by atoms with van der Waals surface area (Å²) in [6.45, 7) is 3.58. The largest absolute Gasteiger partial charge is 0.462 e. The fourth-order valence-corrected chi connectivity index (χ4v) is 1.92. The standard InChI is InChI=1S/C11H18O3/c1-8-4-3-5-10(6-8)14-11(13)7-9(2)12/h8,10H,3-7H2,1-2H3/t8-,10+/m1/s1. The van der Waals surface area contributed by atoms with E-state index in [2.05, 4.69) is 6.92 Å². The van der Waals surface area contributed by atoms with Crippen molar-refractivity contribution in [3.8, 4) is 0 Å². The molecule has 1 aliphatic carbocycles. The van der Waals surface area contributed by atoms with Crippen LogP contribution in [0.3, 0.4) is 0 Å². The molecule has 1 rings (SSSR count). The van der Waals surface area contributed by atoms with Gasteiger partial charge in [-0.25, -0.2) is 0 Å². The van der Waals surface area contributed by atoms with E-state index >= 15 is 0 Å². The summed E-state index contributed by atoms with van der Waals surface area (Å²) in [5.41, 5.74) is 0. The summed E-state index contributed by atoms with van der Waals surface area (Å²) < 4.78 is 5.21. The molecular weight excluding hydrogens is 180 g/mol. The number of hydrogen-bond donors (Lipinski definition) is 0. The maximum Gasteiger partial charge on any atom is 0.313 e. The second kappa shape index (κ2) is 5.13. The highest BCUT2D eigenvalue weighted by atomic mass is 16.5. The molecule has 0 saturated heterocycles. The van der Waals surface area contributed by atoms with Gasteiger partial charge in [-0.2, -0.15) is 0 Å². The smallest absolute Gasteiger partial charge is 0.313 e. The van der Waals surface area contributed by atoms with E-state index in [1.807, 2.05) is 0 Å². The van der Waals surface area contributed by atoms with E-state index in [4.69, 9.17) is 4.74 Å². The number of ketones is 1. The molecule has 14 heavy (non-hydrogen) atoms. The third-order valence-corrected chi connectivity index (χ3v) is 2.58. The van der Waals surface area contributed by atoms with Gasteiger partial charge in [0.15, 0.2) is 0 Å². The number of hydrogen-bond acceptors (Lipinski definition) is 3. The molecule has 0 spiro atoms. The lowest BCUT2D eigenvalue weighted by Gasteiger charge is -2.26. The molecule has 0 aromatic rings. The zero-order chi connectivity index (χ0) is 10.6. The van der Waals surface area contributed by atoms with Crippen LogP contribution in [0.25, 0.3) is 0 Å². The highest BCUT2D eigenvalue weighted by Crippen LogP contribution is 2.25. The average Bonchev–Trinajstić information content (AvgIpc) is 2.01. The van der Waals surface area contributed by atoms with E-state index in [0.717, 1.165) is 19.3 Å². The molecule has 0 radical (unpaired) electrons. The minimum atomic E-state index is -0.364. The van der Waals surface area contributed by atoms with E-state index in [-0.39, 0.29) is 24.3 Å². The molecule has 1 saturated carbocycles. The van der Waals surface area contributed by atoms with Gasteiger partial charge in [-0.1, -0.05) is 13.3 Å². The van der Waals surface area contributed by atoms with Crippen LogP contribution in [0.2, 0.25) is 0 Å². The minimum Gasteiger partial charge on any atom is -0.462 e. The Morgan fingerprint density at radius 1 is 1.36 bits per heavy atom. The van der Waals surface area contributed by atoms with Crippen LogP contribution in [-0.4, -0.2) is 17.9 Å². The van der Waals surface area contributed by atoms with Crippen LogP contribution in [0, 0.1) is 5.92 Å². The van der Waals surface area contributed by atoms with Gasteiger partial charge >= 0.3 is 5.97 Å². The maximum absolute atomic E-state index is 11.2. The Kier molecular flexibility index (Phi) is 4.11. The van der Waals surface area contributed by atoms with Gasteiger partial charge in [0.2, 0.25) is 0 Å². The summed E-state index contributed by atoms with van der Waals surface area (Å²) >= 11 is 0. The average molecular weight is 198 g/mol.